The molecule has 0 atom stereocenters. The fraction of sp³-hybridized carbons (Fsp3) is 0.333. The highest BCUT2D eigenvalue weighted by atomic mass is 32.2. The second-order valence-corrected chi connectivity index (χ2v) is 7.27. The maximum absolute atomic E-state index is 12.0. The van der Waals surface area contributed by atoms with Gasteiger partial charge in [-0.2, -0.15) is 0 Å². The lowest BCUT2D eigenvalue weighted by Crippen LogP contribution is -2.31. The van der Waals surface area contributed by atoms with Crippen molar-refractivity contribution < 1.29 is 22.6 Å². The Morgan fingerprint density at radius 2 is 1.60 bits per heavy atom. The van der Waals surface area contributed by atoms with Gasteiger partial charge in [-0.25, -0.2) is 13.1 Å². The van der Waals surface area contributed by atoms with Crippen LogP contribution in [0.2, 0.25) is 0 Å². The van der Waals surface area contributed by atoms with E-state index in [-0.39, 0.29) is 18.9 Å². The van der Waals surface area contributed by atoms with Crippen LogP contribution in [-0.2, 0) is 16.4 Å². The van der Waals surface area contributed by atoms with Crippen LogP contribution in [0.15, 0.2) is 48.5 Å². The van der Waals surface area contributed by atoms with E-state index in [0.717, 1.165) is 17.1 Å². The van der Waals surface area contributed by atoms with Crippen molar-refractivity contribution in [2.45, 2.75) is 6.42 Å². The first-order valence-corrected chi connectivity index (χ1v) is 9.55. The third-order valence-electron chi connectivity index (χ3n) is 3.55. The van der Waals surface area contributed by atoms with E-state index in [1.165, 1.54) is 0 Å². The number of sulfonamides is 1. The smallest absolute Gasteiger partial charge is 0.212 e. The van der Waals surface area contributed by atoms with Gasteiger partial charge in [0.25, 0.3) is 0 Å². The van der Waals surface area contributed by atoms with Gasteiger partial charge in [-0.15, -0.1) is 0 Å². The lowest BCUT2D eigenvalue weighted by molar-refractivity contribution is 0.322. The van der Waals surface area contributed by atoms with Gasteiger partial charge in [-0.05, 0) is 48.4 Å². The van der Waals surface area contributed by atoms with E-state index in [9.17, 15) is 8.42 Å². The lowest BCUT2D eigenvalue weighted by Gasteiger charge is -2.09. The predicted octanol–water partition coefficient (Wildman–Crippen LogP) is 2.24. The fourth-order valence-corrected chi connectivity index (χ4v) is 3.23. The number of nitrogens with one attached hydrogen (secondary N) is 1. The average Bonchev–Trinajstić information content (AvgIpc) is 2.64. The van der Waals surface area contributed by atoms with Crippen LogP contribution in [0.1, 0.15) is 5.56 Å². The molecule has 0 aliphatic carbocycles. The molecule has 0 aromatic heterocycles. The Kier molecular flexibility index (Phi) is 7.09. The van der Waals surface area contributed by atoms with Gasteiger partial charge in [-0.3, -0.25) is 0 Å². The van der Waals surface area contributed by atoms with Crippen LogP contribution >= 0.6 is 0 Å². The van der Waals surface area contributed by atoms with Crippen LogP contribution in [-0.4, -0.2) is 41.5 Å². The largest absolute Gasteiger partial charge is 0.497 e. The SMILES string of the molecule is COc1ccc(OCCNS(=O)(=O)CCc2cccc(OC)c2)cc1. The molecule has 6 nitrogen and oxygen atoms in total. The Labute approximate surface area is 148 Å². The third kappa shape index (κ3) is 6.64. The molecule has 0 heterocycles. The normalized spacial score (nSPS) is 11.1. The van der Waals surface area contributed by atoms with Crippen molar-refractivity contribution in [1.29, 1.82) is 0 Å². The summed E-state index contributed by atoms with van der Waals surface area (Å²) in [6.45, 7) is 0.469. The molecule has 0 saturated heterocycles. The van der Waals surface area contributed by atoms with Gasteiger partial charge >= 0.3 is 0 Å². The fourth-order valence-electron chi connectivity index (χ4n) is 2.19. The van der Waals surface area contributed by atoms with Crippen LogP contribution in [0, 0.1) is 0 Å². The van der Waals surface area contributed by atoms with Gasteiger partial charge in [0.2, 0.25) is 10.0 Å². The van der Waals surface area contributed by atoms with Gasteiger partial charge in [-0.1, -0.05) is 12.1 Å². The molecule has 2 rings (SSSR count). The van der Waals surface area contributed by atoms with Gasteiger partial charge in [0, 0.05) is 6.54 Å². The maximum Gasteiger partial charge on any atom is 0.212 e. The van der Waals surface area contributed by atoms with E-state index >= 15 is 0 Å². The minimum Gasteiger partial charge on any atom is -0.497 e. The summed E-state index contributed by atoms with van der Waals surface area (Å²) >= 11 is 0. The molecule has 0 aliphatic rings. The molecule has 0 saturated carbocycles. The highest BCUT2D eigenvalue weighted by Gasteiger charge is 2.10. The summed E-state index contributed by atoms with van der Waals surface area (Å²) < 4.78 is 42.3. The van der Waals surface area contributed by atoms with Crippen molar-refractivity contribution in [3.8, 4) is 17.2 Å². The number of hydrogen-bond donors (Lipinski definition) is 1. The summed E-state index contributed by atoms with van der Waals surface area (Å²) in [5.74, 6) is 2.14. The highest BCUT2D eigenvalue weighted by molar-refractivity contribution is 7.89. The van der Waals surface area contributed by atoms with Crippen molar-refractivity contribution in [2.75, 3.05) is 33.1 Å². The summed E-state index contributed by atoms with van der Waals surface area (Å²) in [5, 5.41) is 0. The second kappa shape index (κ2) is 9.29. The molecule has 1 N–H and O–H groups in total. The Morgan fingerprint density at radius 3 is 2.28 bits per heavy atom. The quantitative estimate of drug-likeness (QED) is 0.654. The van der Waals surface area contributed by atoms with Crippen molar-refractivity contribution in [3.63, 3.8) is 0 Å². The Hall–Kier alpha value is -2.25. The molecule has 0 radical (unpaired) electrons. The molecule has 2 aromatic rings. The molecule has 0 bridgehead atoms. The molecule has 2 aromatic carbocycles. The molecule has 25 heavy (non-hydrogen) atoms. The van der Waals surface area contributed by atoms with Crippen LogP contribution in [0.4, 0.5) is 0 Å². The second-order valence-electron chi connectivity index (χ2n) is 5.34. The first-order valence-electron chi connectivity index (χ1n) is 7.89. The van der Waals surface area contributed by atoms with E-state index in [0.29, 0.717) is 12.2 Å². The number of ether oxygens (including phenoxy) is 3. The van der Waals surface area contributed by atoms with E-state index < -0.39 is 10.0 Å². The van der Waals surface area contributed by atoms with E-state index in [4.69, 9.17) is 14.2 Å². The van der Waals surface area contributed by atoms with E-state index in [1.54, 1.807) is 38.5 Å². The van der Waals surface area contributed by atoms with Crippen LogP contribution < -0.4 is 18.9 Å². The first-order chi connectivity index (χ1) is 12.0. The van der Waals surface area contributed by atoms with Gasteiger partial charge in [0.15, 0.2) is 0 Å². The third-order valence-corrected chi connectivity index (χ3v) is 4.93. The van der Waals surface area contributed by atoms with Crippen molar-refractivity contribution in [3.05, 3.63) is 54.1 Å². The highest BCUT2D eigenvalue weighted by Crippen LogP contribution is 2.16. The van der Waals surface area contributed by atoms with Crippen molar-refractivity contribution >= 4 is 10.0 Å². The first kappa shape index (κ1) is 19.1. The molecule has 0 unspecified atom stereocenters. The summed E-state index contributed by atoms with van der Waals surface area (Å²) in [6.07, 6.45) is 0.422. The number of methoxy groups -OCH3 is 2. The van der Waals surface area contributed by atoms with Crippen LogP contribution in [0.5, 0.6) is 17.2 Å². The summed E-state index contributed by atoms with van der Waals surface area (Å²) in [4.78, 5) is 0. The Balaban J connectivity index is 1.73. The summed E-state index contributed by atoms with van der Waals surface area (Å²) in [7, 11) is -0.178. The van der Waals surface area contributed by atoms with Gasteiger partial charge in [0.1, 0.15) is 23.9 Å². The molecule has 136 valence electrons. The van der Waals surface area contributed by atoms with Crippen molar-refractivity contribution in [2.24, 2.45) is 0 Å². The summed E-state index contributed by atoms with van der Waals surface area (Å²) in [5.41, 5.74) is 0.916. The number of aryl methyl sites for hydroxylation is 1. The topological polar surface area (TPSA) is 73.9 Å². The molecule has 0 spiro atoms. The zero-order valence-corrected chi connectivity index (χ0v) is 15.2. The molecule has 7 heteroatoms. The Bertz CT molecular complexity index is 759. The number of rotatable bonds is 10. The van der Waals surface area contributed by atoms with E-state index in [2.05, 4.69) is 4.72 Å². The minimum atomic E-state index is -3.36. The molecule has 0 amide bonds. The van der Waals surface area contributed by atoms with Gasteiger partial charge < -0.3 is 14.2 Å². The predicted molar refractivity (Wildman–Crippen MR) is 97.0 cm³/mol. The van der Waals surface area contributed by atoms with Crippen LogP contribution in [0.3, 0.4) is 0 Å². The average molecular weight is 365 g/mol. The van der Waals surface area contributed by atoms with E-state index in [1.807, 2.05) is 24.3 Å². The standard InChI is InChI=1S/C18H23NO5S/c1-22-16-6-8-17(9-7-16)24-12-11-19-25(20,21)13-10-15-4-3-5-18(14-15)23-2/h3-9,14,19H,10-13H2,1-2H3. The lowest BCUT2D eigenvalue weighted by atomic mass is 10.2. The zero-order chi connectivity index (χ0) is 18.1. The minimum absolute atomic E-state index is 0.0166. The maximum atomic E-state index is 12.0. The van der Waals surface area contributed by atoms with Crippen LogP contribution in [0.25, 0.3) is 0 Å². The monoisotopic (exact) mass is 365 g/mol. The molecule has 0 aliphatic heterocycles. The number of benzene rings is 2. The molecule has 0 fully saturated rings. The molecular formula is C18H23NO5S. The summed E-state index contributed by atoms with van der Waals surface area (Å²) in [6, 6.07) is 14.5. The number of hydrogen-bond acceptors (Lipinski definition) is 5. The van der Waals surface area contributed by atoms with Gasteiger partial charge in [0.05, 0.1) is 20.0 Å². The zero-order valence-electron chi connectivity index (χ0n) is 14.4. The van der Waals surface area contributed by atoms with Crippen molar-refractivity contribution in [1.82, 2.24) is 4.72 Å². The Morgan fingerprint density at radius 1 is 0.920 bits per heavy atom. The molecular weight excluding hydrogens is 342 g/mol.